The molecule has 0 radical (unpaired) electrons. The summed E-state index contributed by atoms with van der Waals surface area (Å²) in [5.41, 5.74) is 5.45. The van der Waals surface area contributed by atoms with Gasteiger partial charge in [0.05, 0.1) is 0 Å². The van der Waals surface area contributed by atoms with E-state index in [0.29, 0.717) is 0 Å². The standard InChI is InChI=1S/C5H4FN2.3CH3.Sn/c6-5-4(7)2-1-3-8-5;;;;/h1-2H,7H2;3*1H3;. The van der Waals surface area contributed by atoms with Gasteiger partial charge < -0.3 is 0 Å². The first-order chi connectivity index (χ1) is 5.41. The number of nitrogens with two attached hydrogens (primary N) is 1. The Labute approximate surface area is 75.9 Å². The summed E-state index contributed by atoms with van der Waals surface area (Å²) in [7, 11) is 0. The van der Waals surface area contributed by atoms with Crippen LogP contribution < -0.4 is 9.44 Å². The molecule has 0 saturated heterocycles. The molecule has 1 heterocycles. The van der Waals surface area contributed by atoms with E-state index in [1.54, 1.807) is 6.07 Å². The molecule has 1 rings (SSSR count). The summed E-state index contributed by atoms with van der Waals surface area (Å²) >= 11 is -2.19. The second-order valence-electron chi connectivity index (χ2n) is 3.83. The van der Waals surface area contributed by atoms with Crippen LogP contribution in [0.4, 0.5) is 10.1 Å². The number of rotatable bonds is 1. The van der Waals surface area contributed by atoms with Crippen LogP contribution in [-0.2, 0) is 0 Å². The monoisotopic (exact) mass is 276 g/mol. The first-order valence-corrected chi connectivity index (χ1v) is 13.8. The van der Waals surface area contributed by atoms with Gasteiger partial charge in [-0.2, -0.15) is 0 Å². The van der Waals surface area contributed by atoms with Crippen molar-refractivity contribution >= 4 is 27.8 Å². The number of halogens is 1. The fraction of sp³-hybridized carbons (Fsp3) is 0.375. The minimum absolute atomic E-state index is 0.134. The summed E-state index contributed by atoms with van der Waals surface area (Å²) < 4.78 is 13.8. The van der Waals surface area contributed by atoms with Crippen LogP contribution in [0.1, 0.15) is 0 Å². The Morgan fingerprint density at radius 1 is 1.33 bits per heavy atom. The van der Waals surface area contributed by atoms with Gasteiger partial charge in [0.2, 0.25) is 0 Å². The van der Waals surface area contributed by atoms with Crippen molar-refractivity contribution in [3.8, 4) is 0 Å². The Morgan fingerprint density at radius 3 is 2.33 bits per heavy atom. The Morgan fingerprint density at radius 2 is 1.92 bits per heavy atom. The van der Waals surface area contributed by atoms with Crippen molar-refractivity contribution in [2.75, 3.05) is 5.73 Å². The minimum atomic E-state index is -2.19. The third kappa shape index (κ3) is 2.09. The zero-order valence-corrected chi connectivity index (χ0v) is 10.4. The zero-order valence-electron chi connectivity index (χ0n) is 7.56. The van der Waals surface area contributed by atoms with Gasteiger partial charge in [-0.25, -0.2) is 0 Å². The summed E-state index contributed by atoms with van der Waals surface area (Å²) in [5.74, 6) is -0.529. The first kappa shape index (κ1) is 9.76. The molecule has 0 fully saturated rings. The predicted molar refractivity (Wildman–Crippen MR) is 51.6 cm³/mol. The van der Waals surface area contributed by atoms with E-state index in [1.165, 1.54) is 0 Å². The van der Waals surface area contributed by atoms with Gasteiger partial charge in [0.15, 0.2) is 0 Å². The van der Waals surface area contributed by atoms with Gasteiger partial charge in [-0.15, -0.1) is 0 Å². The molecule has 0 bridgehead atoms. The SMILES string of the molecule is [CH3][Sn]([CH3])([CH3])[c]1ccc(N)c(F)n1. The Balaban J connectivity index is 3.14. The molecule has 1 aromatic rings. The van der Waals surface area contributed by atoms with Crippen molar-refractivity contribution in [1.29, 1.82) is 0 Å². The van der Waals surface area contributed by atoms with E-state index < -0.39 is 24.3 Å². The summed E-state index contributed by atoms with van der Waals surface area (Å²) in [5, 5.41) is 0. The molecule has 66 valence electrons. The summed E-state index contributed by atoms with van der Waals surface area (Å²) in [6.45, 7) is 0. The average molecular weight is 275 g/mol. The van der Waals surface area contributed by atoms with Crippen molar-refractivity contribution < 1.29 is 4.39 Å². The van der Waals surface area contributed by atoms with E-state index in [2.05, 4.69) is 19.8 Å². The van der Waals surface area contributed by atoms with E-state index in [1.807, 2.05) is 6.07 Å². The molecule has 2 N–H and O–H groups in total. The molecular formula is C8H13FN2Sn. The Hall–Kier alpha value is -0.321. The van der Waals surface area contributed by atoms with Crippen molar-refractivity contribution in [3.63, 3.8) is 0 Å². The molecule has 0 aliphatic rings. The molecular weight excluding hydrogens is 262 g/mol. The molecule has 1 aromatic heterocycles. The van der Waals surface area contributed by atoms with Crippen LogP contribution in [0, 0.1) is 5.95 Å². The number of nitrogens with zero attached hydrogens (tertiary/aromatic N) is 1. The predicted octanol–water partition coefficient (Wildman–Crippen LogP) is 1.35. The number of hydrogen-bond donors (Lipinski definition) is 1. The van der Waals surface area contributed by atoms with Gasteiger partial charge in [-0.3, -0.25) is 0 Å². The molecule has 4 heteroatoms. The Kier molecular flexibility index (Phi) is 2.60. The van der Waals surface area contributed by atoms with E-state index in [-0.39, 0.29) is 5.69 Å². The molecule has 0 unspecified atom stereocenters. The number of pyridine rings is 1. The summed E-state index contributed by atoms with van der Waals surface area (Å²) in [4.78, 5) is 10.4. The zero-order chi connectivity index (χ0) is 9.35. The maximum absolute atomic E-state index is 12.9. The third-order valence-electron chi connectivity index (χ3n) is 1.65. The van der Waals surface area contributed by atoms with E-state index >= 15 is 0 Å². The second kappa shape index (κ2) is 3.20. The molecule has 0 spiro atoms. The normalized spacial score (nSPS) is 11.7. The van der Waals surface area contributed by atoms with Crippen LogP contribution in [0.5, 0.6) is 0 Å². The maximum atomic E-state index is 12.9. The first-order valence-electron chi connectivity index (χ1n) is 3.84. The molecule has 0 aliphatic heterocycles. The van der Waals surface area contributed by atoms with Crippen LogP contribution in [-0.4, -0.2) is 23.4 Å². The summed E-state index contributed by atoms with van der Waals surface area (Å²) in [6, 6.07) is 3.44. The fourth-order valence-electron chi connectivity index (χ4n) is 0.863. The molecule has 0 atom stereocenters. The van der Waals surface area contributed by atoms with Gasteiger partial charge in [0.1, 0.15) is 0 Å². The van der Waals surface area contributed by atoms with Crippen LogP contribution in [0.3, 0.4) is 0 Å². The second-order valence-corrected chi connectivity index (χ2v) is 18.1. The average Bonchev–Trinajstić information content (AvgIpc) is 1.92. The molecule has 0 saturated carbocycles. The van der Waals surface area contributed by atoms with Gasteiger partial charge in [-0.05, 0) is 0 Å². The number of hydrogen-bond acceptors (Lipinski definition) is 2. The van der Waals surface area contributed by atoms with Gasteiger partial charge in [0.25, 0.3) is 0 Å². The van der Waals surface area contributed by atoms with E-state index in [9.17, 15) is 4.39 Å². The molecule has 12 heavy (non-hydrogen) atoms. The van der Waals surface area contributed by atoms with Crippen LogP contribution >= 0.6 is 0 Å². The van der Waals surface area contributed by atoms with Gasteiger partial charge in [0, 0.05) is 0 Å². The fourth-order valence-corrected chi connectivity index (χ4v) is 3.77. The van der Waals surface area contributed by atoms with Gasteiger partial charge in [-0.1, -0.05) is 0 Å². The Bertz CT molecular complexity index is 294. The van der Waals surface area contributed by atoms with Crippen molar-refractivity contribution in [2.45, 2.75) is 14.8 Å². The van der Waals surface area contributed by atoms with Crippen molar-refractivity contribution in [1.82, 2.24) is 4.98 Å². The van der Waals surface area contributed by atoms with Crippen molar-refractivity contribution in [3.05, 3.63) is 18.1 Å². The molecule has 0 aliphatic carbocycles. The number of aromatic nitrogens is 1. The van der Waals surface area contributed by atoms with Crippen LogP contribution in [0.25, 0.3) is 0 Å². The number of anilines is 1. The molecule has 2 nitrogen and oxygen atoms in total. The molecule has 0 amide bonds. The quantitative estimate of drug-likeness (QED) is 0.620. The number of nitrogen functional groups attached to an aromatic ring is 1. The topological polar surface area (TPSA) is 38.9 Å². The van der Waals surface area contributed by atoms with Crippen molar-refractivity contribution in [2.24, 2.45) is 0 Å². The van der Waals surface area contributed by atoms with Crippen LogP contribution in [0.2, 0.25) is 14.8 Å². The van der Waals surface area contributed by atoms with Crippen LogP contribution in [0.15, 0.2) is 12.1 Å². The van der Waals surface area contributed by atoms with E-state index in [4.69, 9.17) is 5.73 Å². The van der Waals surface area contributed by atoms with Gasteiger partial charge >= 0.3 is 75.8 Å². The summed E-state index contributed by atoms with van der Waals surface area (Å²) in [6.07, 6.45) is 0. The third-order valence-corrected chi connectivity index (χ3v) is 6.83. The molecule has 0 aromatic carbocycles. The van der Waals surface area contributed by atoms with E-state index in [0.717, 1.165) is 3.71 Å².